The molecule has 0 saturated heterocycles. The molecular weight excluding hydrogens is 663 g/mol. The Hall–Kier alpha value is -6.70. The monoisotopic (exact) mass is 699 g/mol. The molecule has 0 spiro atoms. The van der Waals surface area contributed by atoms with Crippen molar-refractivity contribution in [1.29, 1.82) is 0 Å². The van der Waals surface area contributed by atoms with Gasteiger partial charge in [-0.25, -0.2) is 0 Å². The van der Waals surface area contributed by atoms with E-state index in [1.54, 1.807) is 0 Å². The Labute approximate surface area is 319 Å². The Morgan fingerprint density at radius 3 is 1.18 bits per heavy atom. The van der Waals surface area contributed by atoms with E-state index in [0.29, 0.717) is 0 Å². The standard InChI is InChI=1S/C54H37N/c1-54(2,3)40-20-22-41(23-21-40)55-48-28-18-38(42-24-14-36-12-10-32-6-4-8-34-16-26-44(42)52(36)50(32)34)30-46(48)47-31-39(19-29-49(47)55)43-25-15-37-13-11-33-7-5-9-35-17-27-45(43)53(37)51(33)35/h4-31H,1-3H3. The molecule has 1 nitrogen and oxygen atoms in total. The molecule has 0 fully saturated rings. The fraction of sp³-hybridized carbons (Fsp3) is 0.0741. The van der Waals surface area contributed by atoms with Crippen LogP contribution >= 0.6 is 0 Å². The van der Waals surface area contributed by atoms with Crippen LogP contribution in [0.15, 0.2) is 170 Å². The number of hydrogen-bond donors (Lipinski definition) is 0. The average Bonchev–Trinajstić information content (AvgIpc) is 3.54. The number of hydrogen-bond acceptors (Lipinski definition) is 0. The maximum absolute atomic E-state index is 2.46. The summed E-state index contributed by atoms with van der Waals surface area (Å²) in [6.45, 7) is 6.84. The quantitative estimate of drug-likeness (QED) is 0.162. The van der Waals surface area contributed by atoms with Crippen LogP contribution in [0.2, 0.25) is 0 Å². The van der Waals surface area contributed by atoms with E-state index in [-0.39, 0.29) is 5.41 Å². The number of aromatic nitrogens is 1. The summed E-state index contributed by atoms with van der Waals surface area (Å²) in [7, 11) is 0. The lowest BCUT2D eigenvalue weighted by atomic mass is 9.87. The van der Waals surface area contributed by atoms with E-state index in [1.807, 2.05) is 0 Å². The molecule has 0 amide bonds. The second-order valence-electron chi connectivity index (χ2n) is 16.5. The van der Waals surface area contributed by atoms with Gasteiger partial charge in [-0.3, -0.25) is 0 Å². The maximum Gasteiger partial charge on any atom is 0.0541 e. The van der Waals surface area contributed by atoms with Crippen molar-refractivity contribution in [3.05, 3.63) is 175 Å². The fourth-order valence-electron chi connectivity index (χ4n) is 9.72. The summed E-state index contributed by atoms with van der Waals surface area (Å²) < 4.78 is 2.46. The lowest BCUT2D eigenvalue weighted by molar-refractivity contribution is 0.590. The molecule has 0 radical (unpaired) electrons. The average molecular weight is 700 g/mol. The SMILES string of the molecule is CC(C)(C)c1ccc(-n2c3ccc(-c4ccc5ccc6cccc7ccc4c5c67)cc3c3cc(-c4ccc5ccc6cccc7ccc4c5c67)ccc32)cc1. The van der Waals surface area contributed by atoms with Gasteiger partial charge in [0.2, 0.25) is 0 Å². The van der Waals surface area contributed by atoms with Gasteiger partial charge in [0.15, 0.2) is 0 Å². The van der Waals surface area contributed by atoms with Crippen LogP contribution in [-0.2, 0) is 5.41 Å². The highest BCUT2D eigenvalue weighted by atomic mass is 15.0. The first-order chi connectivity index (χ1) is 26.9. The van der Waals surface area contributed by atoms with Crippen LogP contribution in [0.25, 0.3) is 114 Å². The second-order valence-corrected chi connectivity index (χ2v) is 16.5. The van der Waals surface area contributed by atoms with Gasteiger partial charge < -0.3 is 4.57 Å². The summed E-state index contributed by atoms with van der Waals surface area (Å²) in [6, 6.07) is 64.3. The molecule has 0 aliphatic rings. The lowest BCUT2D eigenvalue weighted by Crippen LogP contribution is -2.10. The maximum atomic E-state index is 2.46. The highest BCUT2D eigenvalue weighted by Gasteiger charge is 2.20. The van der Waals surface area contributed by atoms with Crippen molar-refractivity contribution < 1.29 is 0 Å². The molecular formula is C54H37N. The molecule has 0 atom stereocenters. The summed E-state index contributed by atoms with van der Waals surface area (Å²) in [5.41, 5.74) is 10.0. The van der Waals surface area contributed by atoms with E-state index in [9.17, 15) is 0 Å². The molecule has 11 aromatic carbocycles. The van der Waals surface area contributed by atoms with Crippen LogP contribution in [0.3, 0.4) is 0 Å². The van der Waals surface area contributed by atoms with Gasteiger partial charge in [0, 0.05) is 16.5 Å². The zero-order chi connectivity index (χ0) is 36.6. The van der Waals surface area contributed by atoms with Crippen LogP contribution in [0.5, 0.6) is 0 Å². The van der Waals surface area contributed by atoms with E-state index in [2.05, 4.69) is 195 Å². The number of nitrogens with zero attached hydrogens (tertiary/aromatic N) is 1. The highest BCUT2D eigenvalue weighted by Crippen LogP contribution is 2.44. The van der Waals surface area contributed by atoms with Crippen molar-refractivity contribution in [2.45, 2.75) is 26.2 Å². The van der Waals surface area contributed by atoms with Gasteiger partial charge in [0.05, 0.1) is 11.0 Å². The van der Waals surface area contributed by atoms with E-state index < -0.39 is 0 Å². The van der Waals surface area contributed by atoms with Gasteiger partial charge in [0.25, 0.3) is 0 Å². The Morgan fingerprint density at radius 2 is 0.745 bits per heavy atom. The summed E-state index contributed by atoms with van der Waals surface area (Å²) in [4.78, 5) is 0. The molecule has 0 aliphatic heterocycles. The van der Waals surface area contributed by atoms with Crippen molar-refractivity contribution >= 4 is 86.4 Å². The Bertz CT molecular complexity index is 3260. The molecule has 0 bridgehead atoms. The molecule has 1 heteroatoms. The van der Waals surface area contributed by atoms with E-state index in [0.717, 1.165) is 0 Å². The van der Waals surface area contributed by atoms with Crippen LogP contribution in [0.4, 0.5) is 0 Å². The first-order valence-corrected chi connectivity index (χ1v) is 19.4. The van der Waals surface area contributed by atoms with Crippen LogP contribution < -0.4 is 0 Å². The molecule has 258 valence electrons. The Morgan fingerprint density at radius 1 is 0.345 bits per heavy atom. The number of fused-ring (bicyclic) bond motifs is 3. The molecule has 1 aromatic heterocycles. The third-order valence-electron chi connectivity index (χ3n) is 12.4. The van der Waals surface area contributed by atoms with Gasteiger partial charge in [-0.2, -0.15) is 0 Å². The minimum Gasteiger partial charge on any atom is -0.309 e. The largest absolute Gasteiger partial charge is 0.309 e. The van der Waals surface area contributed by atoms with E-state index in [4.69, 9.17) is 0 Å². The molecule has 55 heavy (non-hydrogen) atoms. The number of benzene rings is 11. The first-order valence-electron chi connectivity index (χ1n) is 19.4. The van der Waals surface area contributed by atoms with Gasteiger partial charge in [-0.15, -0.1) is 0 Å². The molecule has 0 aliphatic carbocycles. The van der Waals surface area contributed by atoms with Gasteiger partial charge in [-0.1, -0.05) is 154 Å². The normalized spacial score (nSPS) is 12.6. The van der Waals surface area contributed by atoms with E-state index >= 15 is 0 Å². The molecule has 0 unspecified atom stereocenters. The Balaban J connectivity index is 1.12. The van der Waals surface area contributed by atoms with Crippen molar-refractivity contribution in [1.82, 2.24) is 4.57 Å². The third-order valence-corrected chi connectivity index (χ3v) is 12.4. The highest BCUT2D eigenvalue weighted by molar-refractivity contribution is 6.27. The van der Waals surface area contributed by atoms with Crippen molar-refractivity contribution in [2.75, 3.05) is 0 Å². The zero-order valence-corrected chi connectivity index (χ0v) is 31.1. The van der Waals surface area contributed by atoms with Gasteiger partial charge in [-0.05, 0) is 134 Å². The van der Waals surface area contributed by atoms with Gasteiger partial charge >= 0.3 is 0 Å². The summed E-state index contributed by atoms with van der Waals surface area (Å²) in [5, 5.41) is 18.3. The van der Waals surface area contributed by atoms with Crippen molar-refractivity contribution in [3.63, 3.8) is 0 Å². The zero-order valence-electron chi connectivity index (χ0n) is 31.1. The summed E-state index contributed by atoms with van der Waals surface area (Å²) in [6.07, 6.45) is 0. The third kappa shape index (κ3) is 4.35. The van der Waals surface area contributed by atoms with Crippen LogP contribution in [-0.4, -0.2) is 4.57 Å². The minimum absolute atomic E-state index is 0.0878. The second kappa shape index (κ2) is 10.9. The topological polar surface area (TPSA) is 4.93 Å². The molecule has 12 rings (SSSR count). The predicted molar refractivity (Wildman–Crippen MR) is 238 cm³/mol. The van der Waals surface area contributed by atoms with Crippen LogP contribution in [0.1, 0.15) is 26.3 Å². The fourth-order valence-corrected chi connectivity index (χ4v) is 9.72. The number of rotatable bonds is 3. The Kier molecular flexibility index (Phi) is 6.11. The smallest absolute Gasteiger partial charge is 0.0541 e. The van der Waals surface area contributed by atoms with Crippen molar-refractivity contribution in [3.8, 4) is 27.9 Å². The summed E-state index contributed by atoms with van der Waals surface area (Å²) >= 11 is 0. The molecule has 0 saturated carbocycles. The molecule has 12 aromatic rings. The van der Waals surface area contributed by atoms with Crippen molar-refractivity contribution in [2.24, 2.45) is 0 Å². The van der Waals surface area contributed by atoms with Gasteiger partial charge in [0.1, 0.15) is 0 Å². The molecule has 0 N–H and O–H groups in total. The predicted octanol–water partition coefficient (Wildman–Crippen LogP) is 15.2. The minimum atomic E-state index is 0.0878. The first kappa shape index (κ1) is 30.7. The molecule has 1 heterocycles. The lowest BCUT2D eigenvalue weighted by Gasteiger charge is -2.19. The van der Waals surface area contributed by atoms with Crippen LogP contribution in [0, 0.1) is 0 Å². The summed E-state index contributed by atoms with van der Waals surface area (Å²) in [5.74, 6) is 0. The van der Waals surface area contributed by atoms with E-state index in [1.165, 1.54) is 120 Å².